The largest absolute Gasteiger partial charge is 0.497 e. The summed E-state index contributed by atoms with van der Waals surface area (Å²) in [5.41, 5.74) is 4.79. The fourth-order valence-corrected chi connectivity index (χ4v) is 3.37. The van der Waals surface area contributed by atoms with Gasteiger partial charge in [0, 0.05) is 10.9 Å². The molecular weight excluding hydrogens is 404 g/mol. The number of carbonyl (C=O) groups excluding carboxylic acids is 1. The Morgan fingerprint density at radius 2 is 1.72 bits per heavy atom. The summed E-state index contributed by atoms with van der Waals surface area (Å²) in [6.45, 7) is 2.05. The fraction of sp³-hybridized carbons (Fsp3) is 0.120. The number of nitrogens with zero attached hydrogens (tertiary/aromatic N) is 3. The summed E-state index contributed by atoms with van der Waals surface area (Å²) in [4.78, 5) is 26.0. The van der Waals surface area contributed by atoms with Crippen molar-refractivity contribution in [2.24, 2.45) is 5.10 Å². The molecule has 0 radical (unpaired) electrons. The maximum absolute atomic E-state index is 13.0. The molecule has 32 heavy (non-hydrogen) atoms. The Labute approximate surface area is 185 Å². The lowest BCUT2D eigenvalue weighted by molar-refractivity contribution is 0.0949. The van der Waals surface area contributed by atoms with E-state index in [0.29, 0.717) is 22.2 Å². The van der Waals surface area contributed by atoms with Crippen LogP contribution in [0.3, 0.4) is 0 Å². The minimum Gasteiger partial charge on any atom is -0.497 e. The number of amides is 1. The van der Waals surface area contributed by atoms with Gasteiger partial charge in [-0.2, -0.15) is 10.2 Å². The molecule has 0 aliphatic rings. The summed E-state index contributed by atoms with van der Waals surface area (Å²) in [6.07, 6.45) is 0. The molecule has 0 saturated heterocycles. The number of benzene rings is 3. The standard InChI is InChI=1S/C25H22N4O3/c1-17(19-11-8-12-20(15-19)32-2)26-27-24(30)23-21-13-6-7-14-22(21)25(31)29(28-23)16-18-9-4-3-5-10-18/h3-15H,16H2,1-2H3,(H,27,30)/b26-17+. The number of methoxy groups -OCH3 is 1. The van der Waals surface area contributed by atoms with Gasteiger partial charge in [-0.05, 0) is 30.7 Å². The van der Waals surface area contributed by atoms with Crippen LogP contribution in [-0.2, 0) is 6.54 Å². The van der Waals surface area contributed by atoms with Gasteiger partial charge in [0.1, 0.15) is 5.75 Å². The third kappa shape index (κ3) is 4.41. The van der Waals surface area contributed by atoms with Crippen LogP contribution in [0.25, 0.3) is 10.8 Å². The molecule has 0 spiro atoms. The number of aromatic nitrogens is 2. The van der Waals surface area contributed by atoms with Crippen molar-refractivity contribution in [2.75, 3.05) is 7.11 Å². The lowest BCUT2D eigenvalue weighted by Crippen LogP contribution is -2.29. The molecule has 0 atom stereocenters. The van der Waals surface area contributed by atoms with E-state index in [-0.39, 0.29) is 17.8 Å². The number of hydrazone groups is 1. The van der Waals surface area contributed by atoms with Gasteiger partial charge in [0.05, 0.1) is 24.8 Å². The van der Waals surface area contributed by atoms with Crippen molar-refractivity contribution in [1.82, 2.24) is 15.2 Å². The van der Waals surface area contributed by atoms with Crippen molar-refractivity contribution in [3.63, 3.8) is 0 Å². The van der Waals surface area contributed by atoms with Crippen molar-refractivity contribution < 1.29 is 9.53 Å². The van der Waals surface area contributed by atoms with Gasteiger partial charge >= 0.3 is 0 Å². The zero-order chi connectivity index (χ0) is 22.5. The van der Waals surface area contributed by atoms with Gasteiger partial charge in [0.25, 0.3) is 11.5 Å². The third-order valence-electron chi connectivity index (χ3n) is 5.07. The van der Waals surface area contributed by atoms with E-state index in [0.717, 1.165) is 11.1 Å². The maximum Gasteiger partial charge on any atom is 0.292 e. The van der Waals surface area contributed by atoms with E-state index in [1.807, 2.05) is 54.6 Å². The van der Waals surface area contributed by atoms with E-state index in [2.05, 4.69) is 15.6 Å². The molecular formula is C25H22N4O3. The molecule has 160 valence electrons. The maximum atomic E-state index is 13.0. The molecule has 0 aliphatic carbocycles. The predicted octanol–water partition coefficient (Wildman–Crippen LogP) is 3.61. The molecule has 0 unspecified atom stereocenters. The minimum absolute atomic E-state index is 0.137. The van der Waals surface area contributed by atoms with E-state index in [4.69, 9.17) is 4.74 Å². The van der Waals surface area contributed by atoms with Gasteiger partial charge in [-0.25, -0.2) is 10.1 Å². The zero-order valence-electron chi connectivity index (χ0n) is 17.8. The summed E-state index contributed by atoms with van der Waals surface area (Å²) in [5.74, 6) is 0.203. The Bertz CT molecular complexity index is 1360. The molecule has 0 aliphatic heterocycles. The summed E-state index contributed by atoms with van der Waals surface area (Å²) in [6, 6.07) is 23.8. The van der Waals surface area contributed by atoms with Crippen LogP contribution < -0.4 is 15.7 Å². The van der Waals surface area contributed by atoms with Crippen LogP contribution in [0.1, 0.15) is 28.5 Å². The molecule has 0 fully saturated rings. The van der Waals surface area contributed by atoms with Crippen LogP contribution in [0.2, 0.25) is 0 Å². The first-order valence-electron chi connectivity index (χ1n) is 10.1. The highest BCUT2D eigenvalue weighted by atomic mass is 16.5. The van der Waals surface area contributed by atoms with Crippen LogP contribution in [0.15, 0.2) is 88.8 Å². The quantitative estimate of drug-likeness (QED) is 0.377. The van der Waals surface area contributed by atoms with E-state index >= 15 is 0 Å². The van der Waals surface area contributed by atoms with Crippen molar-refractivity contribution >= 4 is 22.4 Å². The zero-order valence-corrected chi connectivity index (χ0v) is 17.8. The first-order chi connectivity index (χ1) is 15.6. The molecule has 0 saturated carbocycles. The molecule has 1 aromatic heterocycles. The number of hydrogen-bond donors (Lipinski definition) is 1. The molecule has 1 heterocycles. The smallest absolute Gasteiger partial charge is 0.292 e. The third-order valence-corrected chi connectivity index (χ3v) is 5.07. The normalized spacial score (nSPS) is 11.4. The number of nitrogens with one attached hydrogen (secondary N) is 1. The van der Waals surface area contributed by atoms with Crippen molar-refractivity contribution in [1.29, 1.82) is 0 Å². The first kappa shape index (κ1) is 21.0. The summed E-state index contributed by atoms with van der Waals surface area (Å²) in [7, 11) is 1.59. The summed E-state index contributed by atoms with van der Waals surface area (Å²) < 4.78 is 6.55. The van der Waals surface area contributed by atoms with Gasteiger partial charge in [0.2, 0.25) is 0 Å². The Balaban J connectivity index is 1.68. The number of carbonyl (C=O) groups is 1. The predicted molar refractivity (Wildman–Crippen MR) is 124 cm³/mol. The topological polar surface area (TPSA) is 85.6 Å². The van der Waals surface area contributed by atoms with Crippen molar-refractivity contribution in [2.45, 2.75) is 13.5 Å². The lowest BCUT2D eigenvalue weighted by atomic mass is 10.1. The highest BCUT2D eigenvalue weighted by molar-refractivity contribution is 6.06. The molecule has 4 rings (SSSR count). The number of fused-ring (bicyclic) bond motifs is 1. The molecule has 0 bridgehead atoms. The number of hydrogen-bond acceptors (Lipinski definition) is 5. The molecule has 1 amide bonds. The summed E-state index contributed by atoms with van der Waals surface area (Å²) >= 11 is 0. The van der Waals surface area contributed by atoms with Crippen LogP contribution >= 0.6 is 0 Å². The lowest BCUT2D eigenvalue weighted by Gasteiger charge is -2.11. The second kappa shape index (κ2) is 9.26. The highest BCUT2D eigenvalue weighted by Crippen LogP contribution is 2.15. The molecule has 3 aromatic carbocycles. The van der Waals surface area contributed by atoms with Crippen molar-refractivity contribution in [3.05, 3.63) is 106 Å². The van der Waals surface area contributed by atoms with Crippen LogP contribution in [0, 0.1) is 0 Å². The number of ether oxygens (including phenoxy) is 1. The van der Waals surface area contributed by atoms with Crippen LogP contribution in [-0.4, -0.2) is 28.5 Å². The van der Waals surface area contributed by atoms with Crippen molar-refractivity contribution in [3.8, 4) is 5.75 Å². The molecule has 1 N–H and O–H groups in total. The summed E-state index contributed by atoms with van der Waals surface area (Å²) in [5, 5.41) is 9.51. The van der Waals surface area contributed by atoms with Gasteiger partial charge in [-0.15, -0.1) is 0 Å². The minimum atomic E-state index is -0.495. The van der Waals surface area contributed by atoms with Gasteiger partial charge < -0.3 is 4.74 Å². The number of rotatable bonds is 6. The van der Waals surface area contributed by atoms with Gasteiger partial charge in [0.15, 0.2) is 5.69 Å². The van der Waals surface area contributed by atoms with E-state index in [1.165, 1.54) is 4.68 Å². The Kier molecular flexibility index (Phi) is 6.07. The fourth-order valence-electron chi connectivity index (χ4n) is 3.37. The van der Waals surface area contributed by atoms with E-state index in [1.54, 1.807) is 38.3 Å². The molecule has 7 heteroatoms. The second-order valence-corrected chi connectivity index (χ2v) is 7.21. The average Bonchev–Trinajstić information content (AvgIpc) is 2.84. The van der Waals surface area contributed by atoms with E-state index < -0.39 is 5.91 Å². The average molecular weight is 426 g/mol. The molecule has 7 nitrogen and oxygen atoms in total. The Hall–Kier alpha value is -4.26. The highest BCUT2D eigenvalue weighted by Gasteiger charge is 2.17. The Morgan fingerprint density at radius 1 is 1.00 bits per heavy atom. The van der Waals surface area contributed by atoms with Crippen LogP contribution in [0.5, 0.6) is 5.75 Å². The Morgan fingerprint density at radius 3 is 2.47 bits per heavy atom. The second-order valence-electron chi connectivity index (χ2n) is 7.21. The first-order valence-corrected chi connectivity index (χ1v) is 10.1. The van der Waals surface area contributed by atoms with Gasteiger partial charge in [-0.3, -0.25) is 9.59 Å². The van der Waals surface area contributed by atoms with E-state index in [9.17, 15) is 9.59 Å². The molecule has 4 aromatic rings. The van der Waals surface area contributed by atoms with Crippen LogP contribution in [0.4, 0.5) is 0 Å². The monoisotopic (exact) mass is 426 g/mol. The SMILES string of the molecule is COc1cccc(/C(C)=N/NC(=O)c2nn(Cc3ccccc3)c(=O)c3ccccc23)c1. The van der Waals surface area contributed by atoms with Gasteiger partial charge in [-0.1, -0.05) is 60.7 Å².